The Bertz CT molecular complexity index is 1120. The minimum atomic E-state index is -0.234. The molecule has 0 aliphatic carbocycles. The average molecular weight is 395 g/mol. The summed E-state index contributed by atoms with van der Waals surface area (Å²) < 4.78 is 0. The van der Waals surface area contributed by atoms with Gasteiger partial charge in [-0.25, -0.2) is 4.98 Å². The molecule has 0 radical (unpaired) electrons. The smallest absolute Gasteiger partial charge is 0.258 e. The van der Waals surface area contributed by atoms with Crippen molar-refractivity contribution in [2.24, 2.45) is 0 Å². The van der Waals surface area contributed by atoms with E-state index in [1.165, 1.54) is 11.3 Å². The Morgan fingerprint density at radius 3 is 2.63 bits per heavy atom. The van der Waals surface area contributed by atoms with Gasteiger partial charge in [0.1, 0.15) is 5.01 Å². The Kier molecular flexibility index (Phi) is 4.83. The van der Waals surface area contributed by atoms with Crippen molar-refractivity contribution in [3.05, 3.63) is 70.2 Å². The van der Waals surface area contributed by atoms with Gasteiger partial charge in [0.05, 0.1) is 16.8 Å². The highest BCUT2D eigenvalue weighted by molar-refractivity contribution is 7.15. The maximum atomic E-state index is 12.9. The number of amides is 1. The Labute approximate surface area is 165 Å². The standard InChI is InChI=1S/C20H15ClN4OS/c1-2-18-24-25-20(27-18)23-19(26)15-11-17(12-7-9-13(21)10-8-12)22-16-6-4-3-5-14(15)16/h3-11H,2H2,1H3,(H,23,25,26). The lowest BCUT2D eigenvalue weighted by Crippen LogP contribution is -2.13. The van der Waals surface area contributed by atoms with Crippen LogP contribution >= 0.6 is 22.9 Å². The van der Waals surface area contributed by atoms with Crippen LogP contribution in [0.1, 0.15) is 22.3 Å². The van der Waals surface area contributed by atoms with Crippen LogP contribution in [-0.2, 0) is 6.42 Å². The molecule has 7 heteroatoms. The summed E-state index contributed by atoms with van der Waals surface area (Å²) in [7, 11) is 0. The summed E-state index contributed by atoms with van der Waals surface area (Å²) in [6.07, 6.45) is 0.784. The number of hydrogen-bond acceptors (Lipinski definition) is 5. The van der Waals surface area contributed by atoms with E-state index in [-0.39, 0.29) is 5.91 Å². The number of halogens is 1. The molecule has 0 saturated carbocycles. The molecule has 0 unspecified atom stereocenters. The van der Waals surface area contributed by atoms with Gasteiger partial charge in [-0.15, -0.1) is 10.2 Å². The maximum Gasteiger partial charge on any atom is 0.258 e. The topological polar surface area (TPSA) is 67.8 Å². The predicted octanol–water partition coefficient (Wildman–Crippen LogP) is 5.22. The van der Waals surface area contributed by atoms with E-state index in [0.717, 1.165) is 27.9 Å². The van der Waals surface area contributed by atoms with Crippen molar-refractivity contribution in [1.29, 1.82) is 0 Å². The van der Waals surface area contributed by atoms with E-state index in [4.69, 9.17) is 16.6 Å². The highest BCUT2D eigenvalue weighted by Gasteiger charge is 2.16. The molecule has 0 atom stereocenters. The van der Waals surface area contributed by atoms with Crippen LogP contribution in [0.25, 0.3) is 22.2 Å². The number of aromatic nitrogens is 3. The van der Waals surface area contributed by atoms with Crippen LogP contribution < -0.4 is 5.32 Å². The van der Waals surface area contributed by atoms with Crippen LogP contribution in [0.4, 0.5) is 5.13 Å². The summed E-state index contributed by atoms with van der Waals surface area (Å²) in [6, 6.07) is 16.8. The second-order valence-electron chi connectivity index (χ2n) is 5.89. The number of para-hydroxylation sites is 1. The number of aryl methyl sites for hydroxylation is 1. The van der Waals surface area contributed by atoms with E-state index < -0.39 is 0 Å². The number of hydrogen-bond donors (Lipinski definition) is 1. The van der Waals surface area contributed by atoms with Crippen molar-refractivity contribution in [2.45, 2.75) is 13.3 Å². The summed E-state index contributed by atoms with van der Waals surface area (Å²) in [5, 5.41) is 13.7. The third-order valence-electron chi connectivity index (χ3n) is 4.09. The number of fused-ring (bicyclic) bond motifs is 1. The molecule has 0 bridgehead atoms. The third-order valence-corrected chi connectivity index (χ3v) is 5.33. The Hall–Kier alpha value is -2.83. The molecule has 1 amide bonds. The molecule has 1 N–H and O–H groups in total. The molecule has 27 heavy (non-hydrogen) atoms. The lowest BCUT2D eigenvalue weighted by molar-refractivity contribution is 0.102. The SMILES string of the molecule is CCc1nnc(NC(=O)c2cc(-c3ccc(Cl)cc3)nc3ccccc23)s1. The van der Waals surface area contributed by atoms with Gasteiger partial charge in [0.2, 0.25) is 5.13 Å². The molecular weight excluding hydrogens is 380 g/mol. The van der Waals surface area contributed by atoms with Crippen molar-refractivity contribution in [1.82, 2.24) is 15.2 Å². The van der Waals surface area contributed by atoms with Gasteiger partial charge in [0, 0.05) is 16.0 Å². The molecule has 134 valence electrons. The first kappa shape index (κ1) is 17.6. The molecular formula is C20H15ClN4OS. The Morgan fingerprint density at radius 1 is 1.11 bits per heavy atom. The van der Waals surface area contributed by atoms with E-state index in [0.29, 0.717) is 21.4 Å². The number of carbonyl (C=O) groups excluding carboxylic acids is 1. The molecule has 5 nitrogen and oxygen atoms in total. The molecule has 0 saturated heterocycles. The minimum Gasteiger partial charge on any atom is -0.296 e. The Balaban J connectivity index is 1.78. The van der Waals surface area contributed by atoms with Crippen molar-refractivity contribution >= 4 is 44.9 Å². The zero-order chi connectivity index (χ0) is 18.8. The summed E-state index contributed by atoms with van der Waals surface area (Å²) in [5.74, 6) is -0.234. The summed E-state index contributed by atoms with van der Waals surface area (Å²) in [5.41, 5.74) is 2.89. The zero-order valence-electron chi connectivity index (χ0n) is 14.4. The fourth-order valence-corrected chi connectivity index (χ4v) is 3.54. The highest BCUT2D eigenvalue weighted by Crippen LogP contribution is 2.27. The van der Waals surface area contributed by atoms with Gasteiger partial charge in [0.25, 0.3) is 5.91 Å². The van der Waals surface area contributed by atoms with E-state index in [9.17, 15) is 4.79 Å². The van der Waals surface area contributed by atoms with Crippen molar-refractivity contribution < 1.29 is 4.79 Å². The lowest BCUT2D eigenvalue weighted by Gasteiger charge is -2.09. The first-order valence-corrected chi connectivity index (χ1v) is 9.63. The van der Waals surface area contributed by atoms with E-state index in [1.807, 2.05) is 43.3 Å². The third kappa shape index (κ3) is 3.67. The van der Waals surface area contributed by atoms with Crippen molar-refractivity contribution in [3.8, 4) is 11.3 Å². The van der Waals surface area contributed by atoms with Gasteiger partial charge in [-0.3, -0.25) is 10.1 Å². The first-order chi connectivity index (χ1) is 13.1. The van der Waals surface area contributed by atoms with Crippen LogP contribution in [0, 0.1) is 0 Å². The van der Waals surface area contributed by atoms with E-state index in [2.05, 4.69) is 15.5 Å². The van der Waals surface area contributed by atoms with Crippen LogP contribution in [0.15, 0.2) is 54.6 Å². The highest BCUT2D eigenvalue weighted by atomic mass is 35.5. The second-order valence-corrected chi connectivity index (χ2v) is 7.39. The molecule has 0 aliphatic heterocycles. The van der Waals surface area contributed by atoms with Crippen LogP contribution in [-0.4, -0.2) is 21.1 Å². The van der Waals surface area contributed by atoms with Crippen LogP contribution in [0.5, 0.6) is 0 Å². The van der Waals surface area contributed by atoms with Gasteiger partial charge in [-0.2, -0.15) is 0 Å². The fourth-order valence-electron chi connectivity index (χ4n) is 2.74. The molecule has 0 aliphatic rings. The summed E-state index contributed by atoms with van der Waals surface area (Å²) >= 11 is 7.36. The van der Waals surface area contributed by atoms with E-state index in [1.54, 1.807) is 18.2 Å². The molecule has 2 aromatic carbocycles. The normalized spacial score (nSPS) is 10.9. The molecule has 4 rings (SSSR count). The molecule has 2 heterocycles. The molecule has 4 aromatic rings. The maximum absolute atomic E-state index is 12.9. The summed E-state index contributed by atoms with van der Waals surface area (Å²) in [6.45, 7) is 2.00. The van der Waals surface area contributed by atoms with Gasteiger partial charge in [-0.05, 0) is 30.7 Å². The summed E-state index contributed by atoms with van der Waals surface area (Å²) in [4.78, 5) is 17.6. The average Bonchev–Trinajstić information content (AvgIpc) is 3.15. The van der Waals surface area contributed by atoms with Gasteiger partial charge >= 0.3 is 0 Å². The number of benzene rings is 2. The van der Waals surface area contributed by atoms with Crippen LogP contribution in [0.3, 0.4) is 0 Å². The second kappa shape index (κ2) is 7.42. The fraction of sp³-hybridized carbons (Fsp3) is 0.100. The Morgan fingerprint density at radius 2 is 1.89 bits per heavy atom. The number of nitrogens with one attached hydrogen (secondary N) is 1. The van der Waals surface area contributed by atoms with Crippen LogP contribution in [0.2, 0.25) is 5.02 Å². The zero-order valence-corrected chi connectivity index (χ0v) is 16.0. The van der Waals surface area contributed by atoms with E-state index >= 15 is 0 Å². The number of pyridine rings is 1. The first-order valence-electron chi connectivity index (χ1n) is 8.43. The van der Waals surface area contributed by atoms with Crippen molar-refractivity contribution in [2.75, 3.05) is 5.32 Å². The van der Waals surface area contributed by atoms with Gasteiger partial charge in [0.15, 0.2) is 0 Å². The number of anilines is 1. The quantitative estimate of drug-likeness (QED) is 0.515. The molecule has 0 spiro atoms. The number of carbonyl (C=O) groups is 1. The predicted molar refractivity (Wildman–Crippen MR) is 109 cm³/mol. The van der Waals surface area contributed by atoms with Crippen molar-refractivity contribution in [3.63, 3.8) is 0 Å². The van der Waals surface area contributed by atoms with Gasteiger partial charge < -0.3 is 0 Å². The lowest BCUT2D eigenvalue weighted by atomic mass is 10.0. The molecule has 0 fully saturated rings. The number of nitrogens with zero attached hydrogens (tertiary/aromatic N) is 3. The largest absolute Gasteiger partial charge is 0.296 e. The number of rotatable bonds is 4. The molecule has 2 aromatic heterocycles. The monoisotopic (exact) mass is 394 g/mol. The van der Waals surface area contributed by atoms with Gasteiger partial charge in [-0.1, -0.05) is 60.2 Å². The minimum absolute atomic E-state index is 0.234.